The molecule has 0 atom stereocenters. The Morgan fingerprint density at radius 1 is 1.15 bits per heavy atom. The number of carbonyl (C=O) groups excluding carboxylic acids is 1. The molecule has 7 heteroatoms. The van der Waals surface area contributed by atoms with Gasteiger partial charge in [-0.15, -0.1) is 0 Å². The second kappa shape index (κ2) is 8.44. The SMILES string of the molecule is O=C1/C(=C/c2cc(Cl)c(O)c(Cl)c2)SC(=S)N1CCCc1ccccc1. The van der Waals surface area contributed by atoms with E-state index in [1.807, 2.05) is 18.2 Å². The van der Waals surface area contributed by atoms with E-state index in [1.54, 1.807) is 23.1 Å². The summed E-state index contributed by atoms with van der Waals surface area (Å²) in [5, 5.41) is 9.91. The smallest absolute Gasteiger partial charge is 0.266 e. The second-order valence-electron chi connectivity index (χ2n) is 5.76. The summed E-state index contributed by atoms with van der Waals surface area (Å²) in [5.74, 6) is -0.285. The largest absolute Gasteiger partial charge is 0.505 e. The molecule has 26 heavy (non-hydrogen) atoms. The molecule has 1 aliphatic heterocycles. The van der Waals surface area contributed by atoms with Gasteiger partial charge in [-0.3, -0.25) is 9.69 Å². The third-order valence-electron chi connectivity index (χ3n) is 3.90. The Morgan fingerprint density at radius 2 is 1.81 bits per heavy atom. The van der Waals surface area contributed by atoms with Crippen LogP contribution in [0.5, 0.6) is 5.75 Å². The van der Waals surface area contributed by atoms with Crippen LogP contribution in [0.4, 0.5) is 0 Å². The van der Waals surface area contributed by atoms with Gasteiger partial charge in [0.05, 0.1) is 15.0 Å². The number of nitrogens with zero attached hydrogens (tertiary/aromatic N) is 1. The molecule has 0 aliphatic carbocycles. The number of hydrogen-bond donors (Lipinski definition) is 1. The molecule has 1 fully saturated rings. The maximum absolute atomic E-state index is 12.6. The van der Waals surface area contributed by atoms with Gasteiger partial charge in [-0.05, 0) is 42.2 Å². The number of phenolic OH excluding ortho intramolecular Hbond substituents is 1. The van der Waals surface area contributed by atoms with E-state index in [0.717, 1.165) is 12.8 Å². The minimum atomic E-state index is -0.168. The van der Waals surface area contributed by atoms with E-state index in [2.05, 4.69) is 12.1 Å². The first kappa shape index (κ1) is 19.2. The summed E-state index contributed by atoms with van der Waals surface area (Å²) >= 11 is 18.5. The van der Waals surface area contributed by atoms with Crippen molar-refractivity contribution in [3.8, 4) is 5.75 Å². The molecule has 0 aromatic heterocycles. The van der Waals surface area contributed by atoms with Crippen LogP contribution in [0.15, 0.2) is 47.4 Å². The van der Waals surface area contributed by atoms with Crippen molar-refractivity contribution in [2.45, 2.75) is 12.8 Å². The Morgan fingerprint density at radius 3 is 2.46 bits per heavy atom. The van der Waals surface area contributed by atoms with Crippen molar-refractivity contribution in [3.05, 3.63) is 68.5 Å². The summed E-state index contributed by atoms with van der Waals surface area (Å²) in [6, 6.07) is 13.3. The number of aryl methyl sites for hydroxylation is 1. The maximum atomic E-state index is 12.6. The highest BCUT2D eigenvalue weighted by Gasteiger charge is 2.31. The summed E-state index contributed by atoms with van der Waals surface area (Å²) in [4.78, 5) is 14.8. The van der Waals surface area contributed by atoms with Gasteiger partial charge in [-0.1, -0.05) is 77.5 Å². The van der Waals surface area contributed by atoms with E-state index in [4.69, 9.17) is 35.4 Å². The van der Waals surface area contributed by atoms with E-state index in [0.29, 0.717) is 21.3 Å². The van der Waals surface area contributed by atoms with E-state index < -0.39 is 0 Å². The molecule has 0 spiro atoms. The second-order valence-corrected chi connectivity index (χ2v) is 8.25. The minimum Gasteiger partial charge on any atom is -0.505 e. The van der Waals surface area contributed by atoms with Gasteiger partial charge in [0.1, 0.15) is 4.32 Å². The van der Waals surface area contributed by atoms with E-state index in [9.17, 15) is 9.90 Å². The van der Waals surface area contributed by atoms with Crippen LogP contribution < -0.4 is 0 Å². The molecule has 1 saturated heterocycles. The lowest BCUT2D eigenvalue weighted by molar-refractivity contribution is -0.122. The average Bonchev–Trinajstić information content (AvgIpc) is 2.88. The average molecular weight is 424 g/mol. The minimum absolute atomic E-state index is 0.117. The summed E-state index contributed by atoms with van der Waals surface area (Å²) in [7, 11) is 0. The summed E-state index contributed by atoms with van der Waals surface area (Å²) in [5.41, 5.74) is 1.88. The first-order valence-corrected chi connectivity index (χ1v) is 9.91. The van der Waals surface area contributed by atoms with Gasteiger partial charge >= 0.3 is 0 Å². The summed E-state index contributed by atoms with van der Waals surface area (Å²) < 4.78 is 0.547. The molecule has 1 N–H and O–H groups in total. The zero-order valence-corrected chi connectivity index (χ0v) is 16.8. The number of thioether (sulfide) groups is 1. The molecule has 0 bridgehead atoms. The van der Waals surface area contributed by atoms with Crippen LogP contribution in [0.2, 0.25) is 10.0 Å². The van der Waals surface area contributed by atoms with Gasteiger partial charge in [-0.2, -0.15) is 0 Å². The van der Waals surface area contributed by atoms with Gasteiger partial charge in [0.15, 0.2) is 5.75 Å². The lowest BCUT2D eigenvalue weighted by Gasteiger charge is -2.14. The third-order valence-corrected chi connectivity index (χ3v) is 5.85. The highest BCUT2D eigenvalue weighted by molar-refractivity contribution is 8.26. The van der Waals surface area contributed by atoms with Gasteiger partial charge in [-0.25, -0.2) is 0 Å². The maximum Gasteiger partial charge on any atom is 0.266 e. The number of amides is 1. The lowest BCUT2D eigenvalue weighted by Crippen LogP contribution is -2.29. The number of carbonyl (C=O) groups is 1. The first-order valence-electron chi connectivity index (χ1n) is 7.93. The molecule has 2 aromatic carbocycles. The predicted molar refractivity (Wildman–Crippen MR) is 113 cm³/mol. The fourth-order valence-corrected chi connectivity index (χ4v) is 4.41. The monoisotopic (exact) mass is 423 g/mol. The van der Waals surface area contributed by atoms with Crippen molar-refractivity contribution in [3.63, 3.8) is 0 Å². The molecule has 0 unspecified atom stereocenters. The fourth-order valence-electron chi connectivity index (χ4n) is 2.60. The topological polar surface area (TPSA) is 40.5 Å². The van der Waals surface area contributed by atoms with Crippen LogP contribution in [0.25, 0.3) is 6.08 Å². The molecule has 3 nitrogen and oxygen atoms in total. The Labute approximate surface area is 171 Å². The third kappa shape index (κ3) is 4.41. The van der Waals surface area contributed by atoms with Crippen molar-refractivity contribution in [1.82, 2.24) is 4.90 Å². The molecular weight excluding hydrogens is 409 g/mol. The van der Waals surface area contributed by atoms with E-state index >= 15 is 0 Å². The first-order chi connectivity index (χ1) is 12.5. The molecule has 1 heterocycles. The van der Waals surface area contributed by atoms with Crippen LogP contribution in [-0.4, -0.2) is 26.8 Å². The molecule has 134 valence electrons. The van der Waals surface area contributed by atoms with Crippen molar-refractivity contribution >= 4 is 63.5 Å². The number of thiocarbonyl (C=S) groups is 1. The van der Waals surface area contributed by atoms with E-state index in [-0.39, 0.29) is 21.7 Å². The molecule has 2 aromatic rings. The van der Waals surface area contributed by atoms with Crippen LogP contribution >= 0.6 is 47.2 Å². The normalized spacial score (nSPS) is 15.9. The Kier molecular flexibility index (Phi) is 6.24. The van der Waals surface area contributed by atoms with Crippen LogP contribution in [0.1, 0.15) is 17.5 Å². The summed E-state index contributed by atoms with van der Waals surface area (Å²) in [6.45, 7) is 0.577. The van der Waals surface area contributed by atoms with Gasteiger partial charge in [0, 0.05) is 6.54 Å². The van der Waals surface area contributed by atoms with Crippen LogP contribution in [0.3, 0.4) is 0 Å². The van der Waals surface area contributed by atoms with Crippen LogP contribution in [0, 0.1) is 0 Å². The predicted octanol–water partition coefficient (Wildman–Crippen LogP) is 5.53. The van der Waals surface area contributed by atoms with Gasteiger partial charge in [0.25, 0.3) is 5.91 Å². The Bertz CT molecular complexity index is 861. The fraction of sp³-hybridized carbons (Fsp3) is 0.158. The zero-order chi connectivity index (χ0) is 18.7. The Hall–Kier alpha value is -1.53. The number of halogens is 2. The van der Waals surface area contributed by atoms with Crippen molar-refractivity contribution in [2.24, 2.45) is 0 Å². The number of rotatable bonds is 5. The van der Waals surface area contributed by atoms with Gasteiger partial charge < -0.3 is 5.11 Å². The molecule has 1 aliphatic rings. The highest BCUT2D eigenvalue weighted by Crippen LogP contribution is 2.36. The standard InChI is InChI=1S/C19H15Cl2NO2S2/c20-14-9-13(10-15(21)17(14)23)11-16-18(24)22(19(25)26-16)8-4-7-12-5-2-1-3-6-12/h1-3,5-6,9-11,23H,4,7-8H2/b16-11-. The molecule has 3 rings (SSSR count). The number of benzene rings is 2. The van der Waals surface area contributed by atoms with Crippen molar-refractivity contribution < 1.29 is 9.90 Å². The molecule has 1 amide bonds. The van der Waals surface area contributed by atoms with Gasteiger partial charge in [0.2, 0.25) is 0 Å². The number of hydrogen-bond acceptors (Lipinski definition) is 4. The molecule has 0 radical (unpaired) electrons. The lowest BCUT2D eigenvalue weighted by atomic mass is 10.1. The zero-order valence-electron chi connectivity index (χ0n) is 13.6. The van der Waals surface area contributed by atoms with Crippen molar-refractivity contribution in [1.29, 1.82) is 0 Å². The number of aromatic hydroxyl groups is 1. The van der Waals surface area contributed by atoms with Crippen LogP contribution in [-0.2, 0) is 11.2 Å². The number of phenols is 1. The summed E-state index contributed by atoms with van der Waals surface area (Å²) in [6.07, 6.45) is 3.41. The van der Waals surface area contributed by atoms with Crippen molar-refractivity contribution in [2.75, 3.05) is 6.54 Å². The van der Waals surface area contributed by atoms with E-state index in [1.165, 1.54) is 17.3 Å². The Balaban J connectivity index is 1.68. The quantitative estimate of drug-likeness (QED) is 0.506. The molecular formula is C19H15Cl2NO2S2. The highest BCUT2D eigenvalue weighted by atomic mass is 35.5. The molecule has 0 saturated carbocycles.